The van der Waals surface area contributed by atoms with Gasteiger partial charge in [-0.1, -0.05) is 30.3 Å². The first kappa shape index (κ1) is 11.4. The first-order chi connectivity index (χ1) is 9.75. The van der Waals surface area contributed by atoms with Crippen LogP contribution < -0.4 is 5.56 Å². The number of aromatic nitrogens is 4. The van der Waals surface area contributed by atoms with Crippen LogP contribution in [0, 0.1) is 4.77 Å². The van der Waals surface area contributed by atoms with Gasteiger partial charge in [0.05, 0.1) is 11.9 Å². The fraction of sp³-hybridized carbons (Fsp3) is 0.0714. The lowest BCUT2D eigenvalue weighted by atomic mass is 10.1. The van der Waals surface area contributed by atoms with Crippen LogP contribution in [0.1, 0.15) is 5.56 Å². The lowest BCUT2D eigenvalue weighted by molar-refractivity contribution is 0.738. The average Bonchev–Trinajstić information content (AvgIpc) is 2.91. The Balaban J connectivity index is 2.08. The van der Waals surface area contributed by atoms with Gasteiger partial charge in [0, 0.05) is 6.54 Å². The maximum Gasteiger partial charge on any atom is 0.262 e. The number of aromatic amines is 1. The molecule has 5 nitrogen and oxygen atoms in total. The van der Waals surface area contributed by atoms with Crippen molar-refractivity contribution in [2.24, 2.45) is 0 Å². The third kappa shape index (κ3) is 1.45. The van der Waals surface area contributed by atoms with Crippen molar-refractivity contribution in [1.29, 1.82) is 0 Å². The van der Waals surface area contributed by atoms with Crippen LogP contribution >= 0.6 is 12.2 Å². The molecule has 1 aliphatic rings. The van der Waals surface area contributed by atoms with Gasteiger partial charge in [-0.2, -0.15) is 5.10 Å². The number of hydrogen-bond acceptors (Lipinski definition) is 3. The molecule has 4 rings (SSSR count). The van der Waals surface area contributed by atoms with E-state index in [0.29, 0.717) is 16.7 Å². The van der Waals surface area contributed by atoms with Crippen molar-refractivity contribution in [3.05, 3.63) is 63.3 Å². The van der Waals surface area contributed by atoms with Crippen molar-refractivity contribution in [3.8, 4) is 0 Å². The number of nitrogens with zero attached hydrogens (tertiary/aromatic N) is 3. The summed E-state index contributed by atoms with van der Waals surface area (Å²) < 4.78 is 4.08. The molecule has 0 bridgehead atoms. The van der Waals surface area contributed by atoms with E-state index in [-0.39, 0.29) is 5.56 Å². The van der Waals surface area contributed by atoms with Crippen LogP contribution in [0.2, 0.25) is 0 Å². The summed E-state index contributed by atoms with van der Waals surface area (Å²) in [5.74, 6) is 0. The summed E-state index contributed by atoms with van der Waals surface area (Å²) in [4.78, 5) is 14.6. The fourth-order valence-electron chi connectivity index (χ4n) is 2.55. The number of rotatable bonds is 1. The zero-order chi connectivity index (χ0) is 13.7. The number of nitrogens with one attached hydrogen (secondary N) is 1. The highest BCUT2D eigenvalue weighted by molar-refractivity contribution is 7.71. The molecule has 0 atom stereocenters. The van der Waals surface area contributed by atoms with Gasteiger partial charge < -0.3 is 0 Å². The predicted molar refractivity (Wildman–Crippen MR) is 79.0 cm³/mol. The molecule has 3 heterocycles. The molecule has 0 aliphatic carbocycles. The van der Waals surface area contributed by atoms with E-state index < -0.39 is 0 Å². The van der Waals surface area contributed by atoms with Crippen molar-refractivity contribution in [2.45, 2.75) is 6.54 Å². The van der Waals surface area contributed by atoms with Gasteiger partial charge in [0.15, 0.2) is 10.4 Å². The Kier molecular flexibility index (Phi) is 2.28. The lowest BCUT2D eigenvalue weighted by Gasteiger charge is -2.18. The van der Waals surface area contributed by atoms with Gasteiger partial charge in [0.25, 0.3) is 5.56 Å². The topological polar surface area (TPSA) is 55.6 Å². The van der Waals surface area contributed by atoms with E-state index in [1.54, 1.807) is 10.9 Å². The molecule has 1 N–H and O–H groups in total. The molecule has 0 fully saturated rings. The zero-order valence-corrected chi connectivity index (χ0v) is 11.2. The molecule has 2 aromatic heterocycles. The highest BCUT2D eigenvalue weighted by atomic mass is 32.1. The summed E-state index contributed by atoms with van der Waals surface area (Å²) in [6.07, 6.45) is 3.64. The van der Waals surface area contributed by atoms with Crippen molar-refractivity contribution in [2.75, 3.05) is 0 Å². The van der Waals surface area contributed by atoms with E-state index in [1.165, 1.54) is 0 Å². The molecule has 0 unspecified atom stereocenters. The normalized spacial score (nSPS) is 13.5. The summed E-state index contributed by atoms with van der Waals surface area (Å²) in [6.45, 7) is 0.627. The van der Waals surface area contributed by atoms with E-state index in [4.69, 9.17) is 12.2 Å². The van der Waals surface area contributed by atoms with Gasteiger partial charge in [-0.25, -0.2) is 4.68 Å². The predicted octanol–water partition coefficient (Wildman–Crippen LogP) is 2.16. The number of benzene rings is 1. The fourth-order valence-corrected chi connectivity index (χ4v) is 2.80. The van der Waals surface area contributed by atoms with E-state index in [2.05, 4.69) is 16.2 Å². The molecule has 3 aromatic rings. The molecule has 0 saturated carbocycles. The lowest BCUT2D eigenvalue weighted by Crippen LogP contribution is -2.19. The van der Waals surface area contributed by atoms with Gasteiger partial charge in [-0.05, 0) is 23.9 Å². The molecule has 1 aliphatic heterocycles. The monoisotopic (exact) mass is 282 g/mol. The molecular formula is C14H10N4OS. The maximum absolute atomic E-state index is 11.9. The minimum atomic E-state index is -0.193. The van der Waals surface area contributed by atoms with E-state index >= 15 is 0 Å². The molecule has 1 aromatic carbocycles. The van der Waals surface area contributed by atoms with Crippen molar-refractivity contribution in [1.82, 2.24) is 19.3 Å². The third-order valence-corrected chi connectivity index (χ3v) is 3.80. The minimum Gasteiger partial charge on any atom is -0.298 e. The summed E-state index contributed by atoms with van der Waals surface area (Å²) >= 11 is 5.22. The third-order valence-electron chi connectivity index (χ3n) is 3.47. The molecular weight excluding hydrogens is 272 g/mol. The van der Waals surface area contributed by atoms with Gasteiger partial charge in [-0.15, -0.1) is 0 Å². The molecule has 6 heteroatoms. The standard InChI is InChI=1S/C14H10N4OS/c19-12-10-8-15-18-11(9-4-2-1-3-5-9)6-7-17(13(10)18)14(20)16-12/h1-6,8H,7H2,(H,16,19,20). The second kappa shape index (κ2) is 4.01. The van der Waals surface area contributed by atoms with Crippen LogP contribution in [0.15, 0.2) is 47.4 Å². The van der Waals surface area contributed by atoms with Crippen LogP contribution in [0.5, 0.6) is 0 Å². The van der Waals surface area contributed by atoms with Gasteiger partial charge in [-0.3, -0.25) is 14.3 Å². The highest BCUT2D eigenvalue weighted by Crippen LogP contribution is 2.24. The van der Waals surface area contributed by atoms with Gasteiger partial charge >= 0.3 is 0 Å². The number of allylic oxidation sites excluding steroid dienone is 1. The van der Waals surface area contributed by atoms with E-state index in [1.807, 2.05) is 34.9 Å². The Morgan fingerprint density at radius 3 is 2.85 bits per heavy atom. The van der Waals surface area contributed by atoms with E-state index in [9.17, 15) is 4.79 Å². The summed E-state index contributed by atoms with van der Waals surface area (Å²) in [7, 11) is 0. The van der Waals surface area contributed by atoms with E-state index in [0.717, 1.165) is 16.9 Å². The van der Waals surface area contributed by atoms with Crippen LogP contribution in [-0.4, -0.2) is 19.3 Å². The Bertz CT molecular complexity index is 962. The highest BCUT2D eigenvalue weighted by Gasteiger charge is 2.18. The summed E-state index contributed by atoms with van der Waals surface area (Å²) in [5, 5.41) is 4.90. The van der Waals surface area contributed by atoms with Gasteiger partial charge in [0.2, 0.25) is 0 Å². The summed E-state index contributed by atoms with van der Waals surface area (Å²) in [6, 6.07) is 9.99. The molecule has 98 valence electrons. The molecule has 0 amide bonds. The Morgan fingerprint density at radius 2 is 2.05 bits per heavy atom. The molecule has 0 radical (unpaired) electrons. The Morgan fingerprint density at radius 1 is 1.25 bits per heavy atom. The molecule has 0 spiro atoms. The maximum atomic E-state index is 11.9. The quantitative estimate of drug-likeness (QED) is 0.696. The largest absolute Gasteiger partial charge is 0.298 e. The second-order valence-corrected chi connectivity index (χ2v) is 5.01. The van der Waals surface area contributed by atoms with Crippen LogP contribution in [0.4, 0.5) is 0 Å². The van der Waals surface area contributed by atoms with Crippen LogP contribution in [-0.2, 0) is 6.54 Å². The average molecular weight is 282 g/mol. The van der Waals surface area contributed by atoms with Crippen molar-refractivity contribution < 1.29 is 0 Å². The number of hydrogen-bond donors (Lipinski definition) is 1. The van der Waals surface area contributed by atoms with Crippen molar-refractivity contribution >= 4 is 28.9 Å². The van der Waals surface area contributed by atoms with Crippen LogP contribution in [0.25, 0.3) is 16.7 Å². The Labute approximate surface area is 118 Å². The van der Waals surface area contributed by atoms with Crippen molar-refractivity contribution in [3.63, 3.8) is 0 Å². The Hall–Kier alpha value is -2.47. The SMILES string of the molecule is O=c1[nH]c(=S)n2c3c1cnn3C(c1ccccc1)=CC2. The molecule has 20 heavy (non-hydrogen) atoms. The molecule has 0 saturated heterocycles. The number of H-pyrrole nitrogens is 1. The zero-order valence-electron chi connectivity index (χ0n) is 10.4. The smallest absolute Gasteiger partial charge is 0.262 e. The van der Waals surface area contributed by atoms with Crippen LogP contribution in [0.3, 0.4) is 0 Å². The minimum absolute atomic E-state index is 0.193. The van der Waals surface area contributed by atoms with Gasteiger partial charge in [0.1, 0.15) is 5.39 Å². The first-order valence-corrected chi connectivity index (χ1v) is 6.63. The summed E-state index contributed by atoms with van der Waals surface area (Å²) in [5.41, 5.74) is 2.59. The first-order valence-electron chi connectivity index (χ1n) is 6.22. The second-order valence-electron chi connectivity index (χ2n) is 4.62.